The number of carbonyl (C=O) groups is 2. The van der Waals surface area contributed by atoms with E-state index in [9.17, 15) is 9.59 Å². The highest BCUT2D eigenvalue weighted by molar-refractivity contribution is 5.91. The molecule has 6 heteroatoms. The zero-order valence-electron chi connectivity index (χ0n) is 12.2. The summed E-state index contributed by atoms with van der Waals surface area (Å²) in [5, 5.41) is 0. The Morgan fingerprint density at radius 2 is 2.41 bits per heavy atom. The second kappa shape index (κ2) is 4.71. The summed E-state index contributed by atoms with van der Waals surface area (Å²) in [6, 6.07) is 3.62. The molecule has 0 aliphatic carbocycles. The van der Waals surface area contributed by atoms with Crippen molar-refractivity contribution in [1.82, 2.24) is 4.90 Å². The van der Waals surface area contributed by atoms with Gasteiger partial charge in [-0.05, 0) is 19.1 Å². The van der Waals surface area contributed by atoms with Gasteiger partial charge in [0.15, 0.2) is 0 Å². The van der Waals surface area contributed by atoms with E-state index in [4.69, 9.17) is 13.9 Å². The number of likely N-dealkylation sites (tertiary alicyclic amines) is 1. The van der Waals surface area contributed by atoms with Crippen LogP contribution in [0.2, 0.25) is 0 Å². The summed E-state index contributed by atoms with van der Waals surface area (Å²) in [4.78, 5) is 26.7. The number of esters is 1. The number of ether oxygens (including phenoxy) is 2. The van der Waals surface area contributed by atoms with Gasteiger partial charge in [0.1, 0.15) is 17.3 Å². The number of nitrogens with zero attached hydrogens (tertiary/aromatic N) is 1. The fourth-order valence-corrected chi connectivity index (χ4v) is 3.81. The first-order chi connectivity index (χ1) is 10.6. The van der Waals surface area contributed by atoms with E-state index in [1.807, 2.05) is 18.2 Å². The van der Waals surface area contributed by atoms with E-state index < -0.39 is 17.4 Å². The molecular weight excluding hydrogens is 286 g/mol. The molecule has 4 atom stereocenters. The molecule has 0 N–H and O–H groups in total. The van der Waals surface area contributed by atoms with Crippen LogP contribution in [0.15, 0.2) is 35.0 Å². The number of hydrogen-bond acceptors (Lipinski definition) is 5. The third-order valence-corrected chi connectivity index (χ3v) is 4.66. The van der Waals surface area contributed by atoms with Gasteiger partial charge in [-0.25, -0.2) is 0 Å². The zero-order chi connectivity index (χ0) is 15.3. The van der Waals surface area contributed by atoms with Crippen molar-refractivity contribution in [1.29, 1.82) is 0 Å². The summed E-state index contributed by atoms with van der Waals surface area (Å²) in [6.07, 6.45) is 5.04. The monoisotopic (exact) mass is 303 g/mol. The molecule has 2 saturated heterocycles. The van der Waals surface area contributed by atoms with E-state index >= 15 is 0 Å². The summed E-state index contributed by atoms with van der Waals surface area (Å²) < 4.78 is 16.4. The van der Waals surface area contributed by atoms with Gasteiger partial charge in [-0.15, -0.1) is 0 Å². The van der Waals surface area contributed by atoms with Gasteiger partial charge >= 0.3 is 5.97 Å². The van der Waals surface area contributed by atoms with Crippen molar-refractivity contribution < 1.29 is 23.5 Å². The topological polar surface area (TPSA) is 69.0 Å². The lowest BCUT2D eigenvalue weighted by atomic mass is 9.77. The molecule has 4 heterocycles. The molecule has 4 rings (SSSR count). The lowest BCUT2D eigenvalue weighted by molar-refractivity contribution is -0.153. The predicted octanol–water partition coefficient (Wildman–Crippen LogP) is 1.12. The van der Waals surface area contributed by atoms with E-state index in [0.29, 0.717) is 19.7 Å². The Hall–Kier alpha value is -2.08. The van der Waals surface area contributed by atoms with Gasteiger partial charge in [-0.3, -0.25) is 9.59 Å². The van der Waals surface area contributed by atoms with Crippen LogP contribution in [0.4, 0.5) is 0 Å². The van der Waals surface area contributed by atoms with Crippen LogP contribution < -0.4 is 0 Å². The number of carbonyl (C=O) groups excluding carboxylic acids is 2. The third-order valence-electron chi connectivity index (χ3n) is 4.66. The Morgan fingerprint density at radius 3 is 3.14 bits per heavy atom. The van der Waals surface area contributed by atoms with Gasteiger partial charge in [0, 0.05) is 0 Å². The third kappa shape index (κ3) is 1.76. The largest absolute Gasteiger partial charge is 0.467 e. The van der Waals surface area contributed by atoms with Crippen molar-refractivity contribution in [2.45, 2.75) is 25.2 Å². The highest BCUT2D eigenvalue weighted by Gasteiger charge is 2.67. The van der Waals surface area contributed by atoms with E-state index in [1.165, 1.54) is 0 Å². The maximum Gasteiger partial charge on any atom is 0.312 e. The number of amides is 1. The molecule has 3 aliphatic rings. The van der Waals surface area contributed by atoms with Gasteiger partial charge in [0.2, 0.25) is 5.91 Å². The molecule has 0 radical (unpaired) electrons. The molecule has 6 nitrogen and oxygen atoms in total. The fraction of sp³-hybridized carbons (Fsp3) is 0.500. The van der Waals surface area contributed by atoms with Crippen molar-refractivity contribution in [2.75, 3.05) is 13.2 Å². The average Bonchev–Trinajstić information content (AvgIpc) is 3.23. The molecule has 0 aromatic carbocycles. The molecule has 1 aromatic heterocycles. The van der Waals surface area contributed by atoms with Crippen LogP contribution >= 0.6 is 0 Å². The second-order valence-corrected chi connectivity index (χ2v) is 5.93. The summed E-state index contributed by atoms with van der Waals surface area (Å²) in [5.74, 6) is -0.732. The Labute approximate surface area is 127 Å². The van der Waals surface area contributed by atoms with Crippen LogP contribution in [0.3, 0.4) is 0 Å². The zero-order valence-corrected chi connectivity index (χ0v) is 12.2. The predicted molar refractivity (Wildman–Crippen MR) is 74.5 cm³/mol. The molecule has 1 aromatic rings. The molecule has 22 heavy (non-hydrogen) atoms. The molecule has 2 unspecified atom stereocenters. The minimum atomic E-state index is -0.689. The van der Waals surface area contributed by atoms with Crippen LogP contribution in [0.1, 0.15) is 12.7 Å². The van der Waals surface area contributed by atoms with E-state index in [0.717, 1.165) is 5.76 Å². The standard InChI is InChI=1S/C16H17NO5/c1-2-20-15(19)12-11-5-6-16(22-11)9-17(14(18)13(12)16)8-10-4-3-7-21-10/h3-7,11-13H,2,8-9H2,1H3/t11-,12?,13-,16?/m1/s1. The minimum Gasteiger partial charge on any atom is -0.467 e. The van der Waals surface area contributed by atoms with Gasteiger partial charge in [0.05, 0.1) is 38.0 Å². The first kappa shape index (κ1) is 13.6. The summed E-state index contributed by atoms with van der Waals surface area (Å²) >= 11 is 0. The maximum absolute atomic E-state index is 12.8. The second-order valence-electron chi connectivity index (χ2n) is 5.93. The highest BCUT2D eigenvalue weighted by Crippen LogP contribution is 2.52. The summed E-state index contributed by atoms with van der Waals surface area (Å²) in [6.45, 7) is 2.90. The molecule has 1 spiro atoms. The van der Waals surface area contributed by atoms with E-state index in [2.05, 4.69) is 0 Å². The van der Waals surface area contributed by atoms with Crippen LogP contribution in [-0.2, 0) is 25.6 Å². The molecule has 2 fully saturated rings. The Kier molecular flexibility index (Phi) is 2.91. The normalized spacial score (nSPS) is 35.2. The Balaban J connectivity index is 1.61. The van der Waals surface area contributed by atoms with Crippen molar-refractivity contribution in [3.05, 3.63) is 36.3 Å². The summed E-state index contributed by atoms with van der Waals surface area (Å²) in [7, 11) is 0. The average molecular weight is 303 g/mol. The SMILES string of the molecule is CCOC(=O)C1[C@H]2C=CC3(CN(Cc4ccco4)C(=O)[C@@H]13)O2. The Bertz CT molecular complexity index is 637. The first-order valence-electron chi connectivity index (χ1n) is 7.49. The van der Waals surface area contributed by atoms with Crippen LogP contribution in [0.5, 0.6) is 0 Å². The Morgan fingerprint density at radius 1 is 1.55 bits per heavy atom. The quantitative estimate of drug-likeness (QED) is 0.616. The lowest BCUT2D eigenvalue weighted by Gasteiger charge is -2.22. The van der Waals surface area contributed by atoms with E-state index in [1.54, 1.807) is 24.2 Å². The van der Waals surface area contributed by atoms with E-state index in [-0.39, 0.29) is 18.0 Å². The molecule has 2 bridgehead atoms. The maximum atomic E-state index is 12.8. The van der Waals surface area contributed by atoms with Crippen molar-refractivity contribution >= 4 is 11.9 Å². The van der Waals surface area contributed by atoms with Crippen LogP contribution in [-0.4, -0.2) is 41.6 Å². The van der Waals surface area contributed by atoms with Gasteiger partial charge in [-0.2, -0.15) is 0 Å². The number of furan rings is 1. The van der Waals surface area contributed by atoms with Crippen LogP contribution in [0, 0.1) is 11.8 Å². The summed E-state index contributed by atoms with van der Waals surface area (Å²) in [5.41, 5.74) is -0.689. The van der Waals surface area contributed by atoms with Gasteiger partial charge in [0.25, 0.3) is 0 Å². The van der Waals surface area contributed by atoms with Crippen molar-refractivity contribution in [3.8, 4) is 0 Å². The number of rotatable bonds is 4. The molecule has 3 aliphatic heterocycles. The fourth-order valence-electron chi connectivity index (χ4n) is 3.81. The lowest BCUT2D eigenvalue weighted by Crippen LogP contribution is -2.39. The molecule has 0 saturated carbocycles. The minimum absolute atomic E-state index is 0.0682. The van der Waals surface area contributed by atoms with Gasteiger partial charge in [-0.1, -0.05) is 12.2 Å². The van der Waals surface area contributed by atoms with Crippen molar-refractivity contribution in [2.24, 2.45) is 11.8 Å². The van der Waals surface area contributed by atoms with Crippen molar-refractivity contribution in [3.63, 3.8) is 0 Å². The van der Waals surface area contributed by atoms with Crippen LogP contribution in [0.25, 0.3) is 0 Å². The molecular formula is C16H17NO5. The molecule has 116 valence electrons. The smallest absolute Gasteiger partial charge is 0.312 e. The first-order valence-corrected chi connectivity index (χ1v) is 7.49. The highest BCUT2D eigenvalue weighted by atomic mass is 16.6. The number of hydrogen-bond donors (Lipinski definition) is 0. The number of fused-ring (bicyclic) bond motifs is 1. The molecule has 1 amide bonds. The van der Waals surface area contributed by atoms with Gasteiger partial charge < -0.3 is 18.8 Å².